The molecule has 3 nitrogen and oxygen atoms in total. The molecule has 0 saturated heterocycles. The minimum atomic E-state index is -0.576. The minimum Gasteiger partial charge on any atom is -0.465 e. The Morgan fingerprint density at radius 1 is 1.27 bits per heavy atom. The molecular formula is C11H23NO2S. The van der Waals surface area contributed by atoms with Crippen LogP contribution < -0.4 is 5.73 Å². The Balaban J connectivity index is 3.20. The van der Waals surface area contributed by atoms with Crippen LogP contribution in [0.3, 0.4) is 0 Å². The molecule has 0 aromatic carbocycles. The largest absolute Gasteiger partial charge is 0.465 e. The van der Waals surface area contributed by atoms with E-state index in [4.69, 9.17) is 10.5 Å². The second-order valence-electron chi connectivity index (χ2n) is 3.72. The summed E-state index contributed by atoms with van der Waals surface area (Å²) in [7, 11) is 0. The Kier molecular flexibility index (Phi) is 10.2. The van der Waals surface area contributed by atoms with Crippen molar-refractivity contribution in [3.05, 3.63) is 0 Å². The molecule has 90 valence electrons. The van der Waals surface area contributed by atoms with Gasteiger partial charge in [-0.3, -0.25) is 4.79 Å². The number of esters is 1. The van der Waals surface area contributed by atoms with Gasteiger partial charge in [0.1, 0.15) is 6.04 Å². The Labute approximate surface area is 98.2 Å². The lowest BCUT2D eigenvalue weighted by Crippen LogP contribution is -2.34. The molecular weight excluding hydrogens is 210 g/mol. The average molecular weight is 233 g/mol. The van der Waals surface area contributed by atoms with Crippen LogP contribution >= 0.6 is 12.6 Å². The Morgan fingerprint density at radius 2 is 1.87 bits per heavy atom. The van der Waals surface area contributed by atoms with Gasteiger partial charge in [-0.2, -0.15) is 12.6 Å². The van der Waals surface area contributed by atoms with Crippen molar-refractivity contribution < 1.29 is 9.53 Å². The van der Waals surface area contributed by atoms with E-state index in [9.17, 15) is 4.79 Å². The summed E-state index contributed by atoms with van der Waals surface area (Å²) in [6, 6.07) is -0.576. The van der Waals surface area contributed by atoms with E-state index in [-0.39, 0.29) is 5.97 Å². The molecule has 0 heterocycles. The molecule has 0 bridgehead atoms. The number of unbranched alkanes of at least 4 members (excludes halogenated alkanes) is 5. The number of carbonyl (C=O) groups excluding carboxylic acids is 1. The monoisotopic (exact) mass is 233 g/mol. The molecule has 2 N–H and O–H groups in total. The summed E-state index contributed by atoms with van der Waals surface area (Å²) < 4.78 is 4.99. The van der Waals surface area contributed by atoms with E-state index in [1.165, 1.54) is 25.7 Å². The Hall–Kier alpha value is -0.220. The highest BCUT2D eigenvalue weighted by atomic mass is 32.1. The van der Waals surface area contributed by atoms with Gasteiger partial charge in [-0.15, -0.1) is 0 Å². The molecule has 0 unspecified atom stereocenters. The standard InChI is InChI=1S/C11H23NO2S/c1-2-3-4-5-6-7-8-14-11(13)10(12)9-15/h10,15H,2-9,12H2,1H3/t10-/m0/s1. The fraction of sp³-hybridized carbons (Fsp3) is 0.909. The van der Waals surface area contributed by atoms with Crippen molar-refractivity contribution in [2.45, 2.75) is 51.5 Å². The van der Waals surface area contributed by atoms with Gasteiger partial charge in [-0.05, 0) is 6.42 Å². The number of thiol groups is 1. The van der Waals surface area contributed by atoms with E-state index in [2.05, 4.69) is 19.6 Å². The number of hydrogen-bond donors (Lipinski definition) is 2. The van der Waals surface area contributed by atoms with Crippen LogP contribution in [0, 0.1) is 0 Å². The highest BCUT2D eigenvalue weighted by Gasteiger charge is 2.11. The average Bonchev–Trinajstić information content (AvgIpc) is 2.26. The van der Waals surface area contributed by atoms with Crippen LogP contribution in [0.25, 0.3) is 0 Å². The first-order chi connectivity index (χ1) is 7.22. The van der Waals surface area contributed by atoms with Crippen LogP contribution in [-0.2, 0) is 9.53 Å². The molecule has 0 fully saturated rings. The molecule has 0 saturated carbocycles. The number of nitrogens with two attached hydrogens (primary N) is 1. The third kappa shape index (κ3) is 8.75. The molecule has 1 atom stereocenters. The summed E-state index contributed by atoms with van der Waals surface area (Å²) in [6.07, 6.45) is 7.12. The quantitative estimate of drug-likeness (QED) is 0.364. The molecule has 0 aromatic rings. The molecule has 15 heavy (non-hydrogen) atoms. The van der Waals surface area contributed by atoms with Gasteiger partial charge >= 0.3 is 5.97 Å². The third-order valence-corrected chi connectivity index (χ3v) is 2.64. The molecule has 0 rings (SSSR count). The number of hydrogen-bond acceptors (Lipinski definition) is 4. The molecule has 0 aliphatic rings. The maximum atomic E-state index is 11.1. The minimum absolute atomic E-state index is 0.335. The van der Waals surface area contributed by atoms with Crippen molar-refractivity contribution in [3.63, 3.8) is 0 Å². The fourth-order valence-corrected chi connectivity index (χ4v) is 1.39. The normalized spacial score (nSPS) is 12.5. The van der Waals surface area contributed by atoms with Gasteiger partial charge < -0.3 is 10.5 Å². The Morgan fingerprint density at radius 3 is 2.47 bits per heavy atom. The van der Waals surface area contributed by atoms with E-state index in [1.54, 1.807) is 0 Å². The van der Waals surface area contributed by atoms with Crippen LogP contribution in [-0.4, -0.2) is 24.4 Å². The van der Waals surface area contributed by atoms with Crippen molar-refractivity contribution in [1.82, 2.24) is 0 Å². The lowest BCUT2D eigenvalue weighted by Gasteiger charge is -2.08. The smallest absolute Gasteiger partial charge is 0.323 e. The molecule has 0 radical (unpaired) electrons. The van der Waals surface area contributed by atoms with Gasteiger partial charge in [0.2, 0.25) is 0 Å². The van der Waals surface area contributed by atoms with Crippen molar-refractivity contribution >= 4 is 18.6 Å². The predicted molar refractivity (Wildman–Crippen MR) is 66.2 cm³/mol. The third-order valence-electron chi connectivity index (χ3n) is 2.24. The van der Waals surface area contributed by atoms with Crippen molar-refractivity contribution in [2.75, 3.05) is 12.4 Å². The Bertz CT molecular complexity index is 165. The first-order valence-corrected chi connectivity index (χ1v) is 6.38. The van der Waals surface area contributed by atoms with Gasteiger partial charge in [-0.25, -0.2) is 0 Å². The predicted octanol–water partition coefficient (Wildman–Crippen LogP) is 2.15. The van der Waals surface area contributed by atoms with Crippen molar-refractivity contribution in [3.8, 4) is 0 Å². The lowest BCUT2D eigenvalue weighted by molar-refractivity contribution is -0.144. The molecule has 0 aromatic heterocycles. The highest BCUT2D eigenvalue weighted by molar-refractivity contribution is 7.80. The maximum Gasteiger partial charge on any atom is 0.323 e. The van der Waals surface area contributed by atoms with Gasteiger partial charge in [0.05, 0.1) is 6.61 Å². The fourth-order valence-electron chi connectivity index (χ4n) is 1.24. The molecule has 0 amide bonds. The van der Waals surface area contributed by atoms with Crippen molar-refractivity contribution in [1.29, 1.82) is 0 Å². The van der Waals surface area contributed by atoms with Crippen LogP contribution in [0.2, 0.25) is 0 Å². The SMILES string of the molecule is CCCCCCCCOC(=O)[C@@H](N)CS. The van der Waals surface area contributed by atoms with E-state index in [1.807, 2.05) is 0 Å². The first-order valence-electron chi connectivity index (χ1n) is 5.75. The van der Waals surface area contributed by atoms with Crippen LogP contribution in [0.1, 0.15) is 45.4 Å². The second-order valence-corrected chi connectivity index (χ2v) is 4.09. The summed E-state index contributed by atoms with van der Waals surface area (Å²) in [4.78, 5) is 11.1. The zero-order valence-corrected chi connectivity index (χ0v) is 10.5. The van der Waals surface area contributed by atoms with E-state index in [0.29, 0.717) is 12.4 Å². The van der Waals surface area contributed by atoms with Gasteiger partial charge in [0.15, 0.2) is 0 Å². The molecule has 0 aliphatic carbocycles. The van der Waals surface area contributed by atoms with Gasteiger partial charge in [0.25, 0.3) is 0 Å². The van der Waals surface area contributed by atoms with Gasteiger partial charge in [0, 0.05) is 5.75 Å². The second kappa shape index (κ2) is 10.3. The van der Waals surface area contributed by atoms with E-state index in [0.717, 1.165) is 12.8 Å². The topological polar surface area (TPSA) is 52.3 Å². The van der Waals surface area contributed by atoms with Gasteiger partial charge in [-0.1, -0.05) is 39.0 Å². The van der Waals surface area contributed by atoms with Crippen LogP contribution in [0.5, 0.6) is 0 Å². The molecule has 4 heteroatoms. The summed E-state index contributed by atoms with van der Waals surface area (Å²) in [5.74, 6) is 0.00792. The highest BCUT2D eigenvalue weighted by Crippen LogP contribution is 2.05. The molecule has 0 spiro atoms. The van der Waals surface area contributed by atoms with Crippen LogP contribution in [0.4, 0.5) is 0 Å². The zero-order valence-electron chi connectivity index (χ0n) is 9.58. The summed E-state index contributed by atoms with van der Waals surface area (Å²) in [5.41, 5.74) is 5.45. The number of rotatable bonds is 9. The van der Waals surface area contributed by atoms with Crippen molar-refractivity contribution in [2.24, 2.45) is 5.73 Å². The van der Waals surface area contributed by atoms with Crippen LogP contribution in [0.15, 0.2) is 0 Å². The summed E-state index contributed by atoms with van der Waals surface area (Å²) in [6.45, 7) is 2.69. The molecule has 0 aliphatic heterocycles. The van der Waals surface area contributed by atoms with E-state index >= 15 is 0 Å². The number of carbonyl (C=O) groups is 1. The summed E-state index contributed by atoms with van der Waals surface area (Å²) >= 11 is 3.93. The zero-order chi connectivity index (χ0) is 11.5. The first kappa shape index (κ1) is 14.8. The maximum absolute atomic E-state index is 11.1. The lowest BCUT2D eigenvalue weighted by atomic mass is 10.1. The van der Waals surface area contributed by atoms with E-state index < -0.39 is 6.04 Å². The number of ether oxygens (including phenoxy) is 1. The summed E-state index contributed by atoms with van der Waals surface area (Å²) in [5, 5.41) is 0.